The van der Waals surface area contributed by atoms with Gasteiger partial charge in [0, 0.05) is 38.3 Å². The number of methoxy groups -OCH3 is 1. The summed E-state index contributed by atoms with van der Waals surface area (Å²) in [6, 6.07) is 0.293. The van der Waals surface area contributed by atoms with Gasteiger partial charge in [0.2, 0.25) is 0 Å². The number of hydrogen-bond acceptors (Lipinski definition) is 3. The first-order valence-corrected chi connectivity index (χ1v) is 8.79. The average molecular weight is 310 g/mol. The molecule has 2 amide bonds. The zero-order chi connectivity index (χ0) is 15.6. The summed E-state index contributed by atoms with van der Waals surface area (Å²) in [4.78, 5) is 12.2. The van der Waals surface area contributed by atoms with E-state index in [0.29, 0.717) is 17.6 Å². The quantitative estimate of drug-likeness (QED) is 0.724. The number of rotatable bonds is 8. The predicted octanol–water partition coefficient (Wildman–Crippen LogP) is 2.45. The van der Waals surface area contributed by atoms with Gasteiger partial charge in [-0.15, -0.1) is 0 Å². The topological polar surface area (TPSA) is 59.6 Å². The summed E-state index contributed by atoms with van der Waals surface area (Å²) in [5, 5.41) is 6.27. The Morgan fingerprint density at radius 3 is 2.59 bits per heavy atom. The fourth-order valence-electron chi connectivity index (χ4n) is 4.13. The summed E-state index contributed by atoms with van der Waals surface area (Å²) in [5.74, 6) is 0. The highest BCUT2D eigenvalue weighted by molar-refractivity contribution is 5.74. The summed E-state index contributed by atoms with van der Waals surface area (Å²) in [6.45, 7) is 4.38. The van der Waals surface area contributed by atoms with Crippen LogP contribution in [0.1, 0.15) is 51.9 Å². The van der Waals surface area contributed by atoms with Crippen LogP contribution in [0.2, 0.25) is 0 Å². The molecule has 0 aliphatic heterocycles. The fourth-order valence-corrected chi connectivity index (χ4v) is 4.13. The lowest BCUT2D eigenvalue weighted by Gasteiger charge is -2.60. The van der Waals surface area contributed by atoms with Crippen molar-refractivity contribution in [3.8, 4) is 0 Å². The van der Waals surface area contributed by atoms with E-state index in [1.165, 1.54) is 32.1 Å². The maximum absolute atomic E-state index is 12.2. The standard InChI is InChI=1S/C17H30N2O3/c1-3-22-14-11-13(17(14)5-4-6-17)19-15(20)18-12-16(7-8-16)9-10-21-2/h13-14H,3-12H2,1-2H3,(H2,18,19,20)/t13-,14-/m1/s1. The maximum Gasteiger partial charge on any atom is 0.315 e. The number of urea groups is 1. The van der Waals surface area contributed by atoms with Crippen molar-refractivity contribution in [3.05, 3.63) is 0 Å². The molecule has 3 fully saturated rings. The lowest BCUT2D eigenvalue weighted by Crippen LogP contribution is -2.68. The Bertz CT molecular complexity index is 405. The highest BCUT2D eigenvalue weighted by Crippen LogP contribution is 2.57. The summed E-state index contributed by atoms with van der Waals surface area (Å²) in [5.41, 5.74) is 0.537. The minimum Gasteiger partial charge on any atom is -0.385 e. The predicted molar refractivity (Wildman–Crippen MR) is 84.8 cm³/mol. The molecule has 5 heteroatoms. The molecule has 126 valence electrons. The van der Waals surface area contributed by atoms with E-state index in [4.69, 9.17) is 9.47 Å². The highest BCUT2D eigenvalue weighted by Gasteiger charge is 2.59. The largest absolute Gasteiger partial charge is 0.385 e. The van der Waals surface area contributed by atoms with Crippen molar-refractivity contribution in [1.29, 1.82) is 0 Å². The summed E-state index contributed by atoms with van der Waals surface area (Å²) >= 11 is 0. The lowest BCUT2D eigenvalue weighted by molar-refractivity contribution is -0.169. The molecule has 1 spiro atoms. The zero-order valence-electron chi connectivity index (χ0n) is 14.0. The molecule has 3 aliphatic carbocycles. The van der Waals surface area contributed by atoms with Crippen LogP contribution in [0.4, 0.5) is 4.79 Å². The minimum atomic E-state index is -0.00471. The first-order valence-electron chi connectivity index (χ1n) is 8.79. The van der Waals surface area contributed by atoms with E-state index in [9.17, 15) is 4.79 Å². The van der Waals surface area contributed by atoms with Gasteiger partial charge in [0.05, 0.1) is 6.10 Å². The molecule has 0 saturated heterocycles. The molecule has 5 nitrogen and oxygen atoms in total. The van der Waals surface area contributed by atoms with Gasteiger partial charge in [-0.3, -0.25) is 0 Å². The van der Waals surface area contributed by atoms with Crippen molar-refractivity contribution in [2.45, 2.75) is 64.0 Å². The van der Waals surface area contributed by atoms with Gasteiger partial charge in [0.15, 0.2) is 0 Å². The number of amides is 2. The Balaban J connectivity index is 1.41. The second-order valence-electron chi connectivity index (χ2n) is 7.39. The van der Waals surface area contributed by atoms with Crippen LogP contribution in [0, 0.1) is 10.8 Å². The van der Waals surface area contributed by atoms with Crippen LogP contribution in [0.3, 0.4) is 0 Å². The first-order chi connectivity index (χ1) is 10.6. The smallest absolute Gasteiger partial charge is 0.315 e. The molecular formula is C17H30N2O3. The van der Waals surface area contributed by atoms with E-state index in [-0.39, 0.29) is 11.4 Å². The van der Waals surface area contributed by atoms with Crippen molar-refractivity contribution < 1.29 is 14.3 Å². The van der Waals surface area contributed by atoms with Crippen molar-refractivity contribution in [2.24, 2.45) is 10.8 Å². The van der Waals surface area contributed by atoms with Crippen molar-refractivity contribution in [2.75, 3.05) is 26.9 Å². The van der Waals surface area contributed by atoms with Crippen molar-refractivity contribution >= 4 is 6.03 Å². The van der Waals surface area contributed by atoms with Gasteiger partial charge < -0.3 is 20.1 Å². The lowest BCUT2D eigenvalue weighted by atomic mass is 9.51. The third kappa shape index (κ3) is 2.98. The van der Waals surface area contributed by atoms with Crippen LogP contribution < -0.4 is 10.6 Å². The molecule has 0 aromatic rings. The molecule has 2 N–H and O–H groups in total. The molecule has 0 radical (unpaired) electrons. The highest BCUT2D eigenvalue weighted by atomic mass is 16.5. The molecule has 0 bridgehead atoms. The third-order valence-corrected chi connectivity index (χ3v) is 6.16. The van der Waals surface area contributed by atoms with E-state index >= 15 is 0 Å². The molecular weight excluding hydrogens is 280 g/mol. The van der Waals surface area contributed by atoms with Crippen LogP contribution in [0.25, 0.3) is 0 Å². The summed E-state index contributed by atoms with van der Waals surface area (Å²) in [6.07, 6.45) is 8.43. The number of carbonyl (C=O) groups is 1. The fraction of sp³-hybridized carbons (Fsp3) is 0.941. The van der Waals surface area contributed by atoms with Crippen LogP contribution in [-0.4, -0.2) is 45.0 Å². The van der Waals surface area contributed by atoms with E-state index in [0.717, 1.165) is 32.6 Å². The van der Waals surface area contributed by atoms with Gasteiger partial charge in [0.25, 0.3) is 0 Å². The van der Waals surface area contributed by atoms with E-state index in [1.54, 1.807) is 7.11 Å². The second-order valence-corrected chi connectivity index (χ2v) is 7.39. The molecule has 2 atom stereocenters. The zero-order valence-corrected chi connectivity index (χ0v) is 14.0. The minimum absolute atomic E-state index is 0.00471. The molecule has 3 saturated carbocycles. The number of carbonyl (C=O) groups excluding carboxylic acids is 1. The molecule has 22 heavy (non-hydrogen) atoms. The van der Waals surface area contributed by atoms with E-state index in [1.807, 2.05) is 0 Å². The van der Waals surface area contributed by atoms with Crippen molar-refractivity contribution in [1.82, 2.24) is 10.6 Å². The van der Waals surface area contributed by atoms with Gasteiger partial charge >= 0.3 is 6.03 Å². The Hall–Kier alpha value is -0.810. The molecule has 3 aliphatic rings. The number of nitrogens with one attached hydrogen (secondary N) is 2. The van der Waals surface area contributed by atoms with Gasteiger partial charge in [-0.05, 0) is 50.9 Å². The van der Waals surface area contributed by atoms with Crippen LogP contribution >= 0.6 is 0 Å². The van der Waals surface area contributed by atoms with Gasteiger partial charge in [-0.2, -0.15) is 0 Å². The monoisotopic (exact) mass is 310 g/mol. The molecule has 0 aromatic heterocycles. The SMILES string of the molecule is CCO[C@@H]1C[C@@H](NC(=O)NCC2(CCOC)CC2)C12CCC2. The van der Waals surface area contributed by atoms with Crippen LogP contribution in [-0.2, 0) is 9.47 Å². The Labute approximate surface area is 133 Å². The first kappa shape index (κ1) is 16.1. The Kier molecular flexibility index (Phi) is 4.64. The van der Waals surface area contributed by atoms with Gasteiger partial charge in [-0.1, -0.05) is 6.42 Å². The summed E-state index contributed by atoms with van der Waals surface area (Å²) < 4.78 is 11.0. The Morgan fingerprint density at radius 2 is 2.05 bits per heavy atom. The molecule has 3 rings (SSSR count). The summed E-state index contributed by atoms with van der Waals surface area (Å²) in [7, 11) is 1.74. The average Bonchev–Trinajstić information content (AvgIpc) is 3.20. The normalized spacial score (nSPS) is 30.3. The van der Waals surface area contributed by atoms with Crippen molar-refractivity contribution in [3.63, 3.8) is 0 Å². The van der Waals surface area contributed by atoms with Gasteiger partial charge in [0.1, 0.15) is 0 Å². The molecule has 0 aromatic carbocycles. The van der Waals surface area contributed by atoms with Crippen LogP contribution in [0.5, 0.6) is 0 Å². The number of ether oxygens (including phenoxy) is 2. The van der Waals surface area contributed by atoms with E-state index in [2.05, 4.69) is 17.6 Å². The molecule has 0 unspecified atom stereocenters. The molecule has 0 heterocycles. The second kappa shape index (κ2) is 6.36. The third-order valence-electron chi connectivity index (χ3n) is 6.16. The van der Waals surface area contributed by atoms with Gasteiger partial charge in [-0.25, -0.2) is 4.79 Å². The number of hydrogen-bond donors (Lipinski definition) is 2. The maximum atomic E-state index is 12.2. The van der Waals surface area contributed by atoms with E-state index < -0.39 is 0 Å². The van der Waals surface area contributed by atoms with Crippen LogP contribution in [0.15, 0.2) is 0 Å². The Morgan fingerprint density at radius 1 is 1.27 bits per heavy atom.